The molecule has 1 aliphatic heterocycles. The summed E-state index contributed by atoms with van der Waals surface area (Å²) in [6, 6.07) is 3.71. The predicted octanol–water partition coefficient (Wildman–Crippen LogP) is 1.63. The van der Waals surface area contributed by atoms with E-state index >= 15 is 0 Å². The maximum absolute atomic E-state index is 14.5. The molecule has 23 heavy (non-hydrogen) atoms. The molecular formula is C15H18FN5O2. The average Bonchev–Trinajstić information content (AvgIpc) is 2.48. The second-order valence-electron chi connectivity index (χ2n) is 5.79. The molecule has 0 radical (unpaired) electrons. The van der Waals surface area contributed by atoms with E-state index in [1.807, 2.05) is 0 Å². The average molecular weight is 319 g/mol. The molecule has 0 aromatic heterocycles. The molecule has 1 aromatic rings. The summed E-state index contributed by atoms with van der Waals surface area (Å²) in [5.41, 5.74) is 11.0. The second-order valence-corrected chi connectivity index (χ2v) is 5.79. The van der Waals surface area contributed by atoms with Gasteiger partial charge in [-0.3, -0.25) is 4.90 Å². The van der Waals surface area contributed by atoms with Crippen molar-refractivity contribution in [3.63, 3.8) is 0 Å². The van der Waals surface area contributed by atoms with Crippen molar-refractivity contribution >= 4 is 23.6 Å². The van der Waals surface area contributed by atoms with Crippen LogP contribution in [0.15, 0.2) is 28.2 Å². The molecule has 1 spiro atoms. The van der Waals surface area contributed by atoms with E-state index in [-0.39, 0.29) is 23.2 Å². The van der Waals surface area contributed by atoms with E-state index in [2.05, 4.69) is 9.98 Å². The molecule has 0 saturated heterocycles. The Morgan fingerprint density at radius 3 is 2.57 bits per heavy atom. The van der Waals surface area contributed by atoms with Crippen LogP contribution in [-0.4, -0.2) is 28.7 Å². The van der Waals surface area contributed by atoms with E-state index < -0.39 is 17.4 Å². The number of aromatic carboxylic acids is 1. The van der Waals surface area contributed by atoms with E-state index in [0.29, 0.717) is 12.8 Å². The first-order valence-electron chi connectivity index (χ1n) is 7.45. The van der Waals surface area contributed by atoms with Gasteiger partial charge in [-0.2, -0.15) is 4.99 Å². The number of carbonyl (C=O) groups is 1. The lowest BCUT2D eigenvalue weighted by Crippen LogP contribution is -2.58. The molecule has 1 aliphatic carbocycles. The lowest BCUT2D eigenvalue weighted by Gasteiger charge is -2.45. The van der Waals surface area contributed by atoms with Crippen LogP contribution in [0.25, 0.3) is 0 Å². The molecule has 0 amide bonds. The summed E-state index contributed by atoms with van der Waals surface area (Å²) in [5, 5.41) is 8.97. The van der Waals surface area contributed by atoms with Gasteiger partial charge in [0.2, 0.25) is 11.9 Å². The van der Waals surface area contributed by atoms with Crippen LogP contribution >= 0.6 is 0 Å². The molecule has 7 nitrogen and oxygen atoms in total. The zero-order chi connectivity index (χ0) is 16.6. The molecule has 0 bridgehead atoms. The summed E-state index contributed by atoms with van der Waals surface area (Å²) in [6.45, 7) is 0. The molecule has 8 heteroatoms. The number of nitrogens with zero attached hydrogens (tertiary/aromatic N) is 3. The fourth-order valence-electron chi connectivity index (χ4n) is 3.29. The number of nitrogens with two attached hydrogens (primary N) is 2. The minimum Gasteiger partial charge on any atom is -0.478 e. The molecule has 0 atom stereocenters. The number of carboxylic acid groups (broad SMARTS) is 1. The van der Waals surface area contributed by atoms with E-state index in [1.165, 1.54) is 12.1 Å². The van der Waals surface area contributed by atoms with Crippen LogP contribution in [-0.2, 0) is 0 Å². The van der Waals surface area contributed by atoms with Gasteiger partial charge in [-0.05, 0) is 43.9 Å². The van der Waals surface area contributed by atoms with Crippen LogP contribution in [0.1, 0.15) is 42.5 Å². The van der Waals surface area contributed by atoms with Crippen LogP contribution in [0.3, 0.4) is 0 Å². The Labute approximate surface area is 132 Å². The third kappa shape index (κ3) is 2.60. The molecule has 0 unspecified atom stereocenters. The molecule has 3 rings (SSSR count). The Morgan fingerprint density at radius 1 is 1.26 bits per heavy atom. The lowest BCUT2D eigenvalue weighted by atomic mass is 9.87. The number of carboxylic acids is 1. The highest BCUT2D eigenvalue weighted by atomic mass is 19.1. The lowest BCUT2D eigenvalue weighted by molar-refractivity contribution is 0.0696. The molecule has 1 saturated carbocycles. The van der Waals surface area contributed by atoms with Crippen molar-refractivity contribution in [3.8, 4) is 0 Å². The van der Waals surface area contributed by atoms with Crippen molar-refractivity contribution in [1.29, 1.82) is 0 Å². The Balaban J connectivity index is 2.09. The third-order valence-corrected chi connectivity index (χ3v) is 4.29. The number of halogens is 1. The summed E-state index contributed by atoms with van der Waals surface area (Å²) in [4.78, 5) is 20.9. The molecule has 122 valence electrons. The zero-order valence-electron chi connectivity index (χ0n) is 12.5. The SMILES string of the molecule is NC1=NC2(CCCCC2)N(c2ccc(C(=O)O)cc2F)C(N)=N1. The normalized spacial score (nSPS) is 20.1. The number of benzene rings is 1. The first-order chi connectivity index (χ1) is 10.9. The van der Waals surface area contributed by atoms with Crippen LogP contribution in [0.5, 0.6) is 0 Å². The minimum atomic E-state index is -1.19. The smallest absolute Gasteiger partial charge is 0.335 e. The molecular weight excluding hydrogens is 301 g/mol. The highest BCUT2D eigenvalue weighted by Crippen LogP contribution is 2.40. The Morgan fingerprint density at radius 2 is 1.96 bits per heavy atom. The summed E-state index contributed by atoms with van der Waals surface area (Å²) in [6.07, 6.45) is 4.29. The molecule has 5 N–H and O–H groups in total. The van der Waals surface area contributed by atoms with E-state index in [1.54, 1.807) is 4.90 Å². The summed E-state index contributed by atoms with van der Waals surface area (Å²) in [7, 11) is 0. The highest BCUT2D eigenvalue weighted by Gasteiger charge is 2.43. The van der Waals surface area contributed by atoms with E-state index in [0.717, 1.165) is 25.3 Å². The Kier molecular flexibility index (Phi) is 3.67. The number of hydrogen-bond acceptors (Lipinski definition) is 6. The standard InChI is InChI=1S/C15H18FN5O2/c16-10-8-9(12(22)23)4-5-11(10)21-14(18)19-13(17)20-15(21)6-2-1-3-7-15/h4-5,8H,1-3,6-7H2,(H,22,23)(H4,17,18,19,20). The monoisotopic (exact) mass is 319 g/mol. The van der Waals surface area contributed by atoms with E-state index in [4.69, 9.17) is 16.6 Å². The fraction of sp³-hybridized carbons (Fsp3) is 0.400. The van der Waals surface area contributed by atoms with Crippen molar-refractivity contribution in [1.82, 2.24) is 0 Å². The van der Waals surface area contributed by atoms with Gasteiger partial charge < -0.3 is 16.6 Å². The third-order valence-electron chi connectivity index (χ3n) is 4.29. The quantitative estimate of drug-likeness (QED) is 0.766. The van der Waals surface area contributed by atoms with Gasteiger partial charge in [-0.25, -0.2) is 14.2 Å². The van der Waals surface area contributed by atoms with Crippen molar-refractivity contribution in [2.45, 2.75) is 37.8 Å². The van der Waals surface area contributed by atoms with Gasteiger partial charge in [0.25, 0.3) is 0 Å². The van der Waals surface area contributed by atoms with Gasteiger partial charge in [0, 0.05) is 0 Å². The zero-order valence-corrected chi connectivity index (χ0v) is 12.5. The van der Waals surface area contributed by atoms with Gasteiger partial charge in [0.15, 0.2) is 0 Å². The van der Waals surface area contributed by atoms with Gasteiger partial charge in [0.05, 0.1) is 11.3 Å². The van der Waals surface area contributed by atoms with Crippen LogP contribution in [0, 0.1) is 5.82 Å². The van der Waals surface area contributed by atoms with Crippen molar-refractivity contribution < 1.29 is 14.3 Å². The minimum absolute atomic E-state index is 0.0707. The first kappa shape index (κ1) is 15.3. The predicted molar refractivity (Wildman–Crippen MR) is 84.9 cm³/mol. The van der Waals surface area contributed by atoms with E-state index in [9.17, 15) is 9.18 Å². The van der Waals surface area contributed by atoms with Gasteiger partial charge in [-0.1, -0.05) is 6.42 Å². The number of anilines is 1. The van der Waals surface area contributed by atoms with Crippen molar-refractivity contribution in [3.05, 3.63) is 29.6 Å². The maximum atomic E-state index is 14.5. The molecule has 1 aromatic carbocycles. The number of rotatable bonds is 2. The van der Waals surface area contributed by atoms with Crippen LogP contribution < -0.4 is 16.4 Å². The summed E-state index contributed by atoms with van der Waals surface area (Å²) >= 11 is 0. The molecule has 2 aliphatic rings. The topological polar surface area (TPSA) is 117 Å². The molecule has 1 heterocycles. The number of hydrogen-bond donors (Lipinski definition) is 3. The van der Waals surface area contributed by atoms with Crippen molar-refractivity contribution in [2.75, 3.05) is 4.90 Å². The Hall–Kier alpha value is -2.64. The first-order valence-corrected chi connectivity index (χ1v) is 7.45. The summed E-state index contributed by atoms with van der Waals surface area (Å²) in [5.74, 6) is -1.71. The number of guanidine groups is 2. The maximum Gasteiger partial charge on any atom is 0.335 e. The van der Waals surface area contributed by atoms with Gasteiger partial charge in [0.1, 0.15) is 11.5 Å². The van der Waals surface area contributed by atoms with Gasteiger partial charge in [-0.15, -0.1) is 0 Å². The van der Waals surface area contributed by atoms with Gasteiger partial charge >= 0.3 is 5.97 Å². The van der Waals surface area contributed by atoms with Crippen molar-refractivity contribution in [2.24, 2.45) is 21.5 Å². The Bertz CT molecular complexity index is 710. The highest BCUT2D eigenvalue weighted by molar-refractivity contribution is 6.05. The van der Waals surface area contributed by atoms with Crippen LogP contribution in [0.4, 0.5) is 10.1 Å². The largest absolute Gasteiger partial charge is 0.478 e. The second kappa shape index (κ2) is 5.53. The fourth-order valence-corrected chi connectivity index (χ4v) is 3.29. The molecule has 1 fully saturated rings. The van der Waals surface area contributed by atoms with Crippen LogP contribution in [0.2, 0.25) is 0 Å². The number of aliphatic imine (C=N–C) groups is 2. The summed E-state index contributed by atoms with van der Waals surface area (Å²) < 4.78 is 14.5.